The first kappa shape index (κ1) is 20.5. The SMILES string of the molecule is COc1ccccc1-c1nnc(S[C@H](C(=O)N2CCCCC2)c2ccccc2)n1C. The van der Waals surface area contributed by atoms with Crippen LogP contribution in [0.2, 0.25) is 0 Å². The van der Waals surface area contributed by atoms with Crippen molar-refractivity contribution in [1.82, 2.24) is 19.7 Å². The normalized spacial score (nSPS) is 15.1. The third kappa shape index (κ3) is 4.21. The van der Waals surface area contributed by atoms with Crippen LogP contribution >= 0.6 is 11.8 Å². The van der Waals surface area contributed by atoms with Crippen LogP contribution in [0.3, 0.4) is 0 Å². The van der Waals surface area contributed by atoms with Crippen LogP contribution in [0.25, 0.3) is 11.4 Å². The molecule has 0 unspecified atom stereocenters. The maximum Gasteiger partial charge on any atom is 0.240 e. The summed E-state index contributed by atoms with van der Waals surface area (Å²) in [4.78, 5) is 15.4. The maximum absolute atomic E-state index is 13.4. The lowest BCUT2D eigenvalue weighted by molar-refractivity contribution is -0.131. The first-order chi connectivity index (χ1) is 14.7. The molecule has 30 heavy (non-hydrogen) atoms. The Morgan fingerprint density at radius 1 is 1.00 bits per heavy atom. The minimum Gasteiger partial charge on any atom is -0.496 e. The number of ether oxygens (including phenoxy) is 1. The van der Waals surface area contributed by atoms with Gasteiger partial charge in [0.25, 0.3) is 0 Å². The highest BCUT2D eigenvalue weighted by Crippen LogP contribution is 2.38. The number of nitrogens with zero attached hydrogens (tertiary/aromatic N) is 4. The Morgan fingerprint density at radius 3 is 2.43 bits per heavy atom. The van der Waals surface area contributed by atoms with Crippen LogP contribution in [0.5, 0.6) is 5.75 Å². The van der Waals surface area contributed by atoms with Crippen LogP contribution in [-0.4, -0.2) is 45.8 Å². The van der Waals surface area contributed by atoms with Gasteiger partial charge in [-0.3, -0.25) is 4.79 Å². The molecule has 0 saturated carbocycles. The summed E-state index contributed by atoms with van der Waals surface area (Å²) in [6.45, 7) is 1.65. The number of hydrogen-bond donors (Lipinski definition) is 0. The maximum atomic E-state index is 13.4. The fourth-order valence-corrected chi connectivity index (χ4v) is 4.84. The van der Waals surface area contributed by atoms with Gasteiger partial charge in [-0.1, -0.05) is 54.2 Å². The average molecular weight is 423 g/mol. The monoisotopic (exact) mass is 422 g/mol. The molecule has 6 nitrogen and oxygen atoms in total. The van der Waals surface area contributed by atoms with Gasteiger partial charge in [-0.2, -0.15) is 0 Å². The Kier molecular flexibility index (Phi) is 6.38. The van der Waals surface area contributed by atoms with Crippen LogP contribution in [0.15, 0.2) is 59.8 Å². The van der Waals surface area contributed by atoms with Gasteiger partial charge < -0.3 is 14.2 Å². The van der Waals surface area contributed by atoms with Crippen LogP contribution < -0.4 is 4.74 Å². The number of carbonyl (C=O) groups excluding carboxylic acids is 1. The lowest BCUT2D eigenvalue weighted by Gasteiger charge is -2.30. The molecule has 4 rings (SSSR count). The molecule has 1 aliphatic rings. The summed E-state index contributed by atoms with van der Waals surface area (Å²) >= 11 is 1.46. The molecule has 0 N–H and O–H groups in total. The third-order valence-electron chi connectivity index (χ3n) is 5.40. The van der Waals surface area contributed by atoms with Crippen LogP contribution in [-0.2, 0) is 11.8 Å². The molecule has 1 saturated heterocycles. The molecule has 1 fully saturated rings. The number of amides is 1. The fraction of sp³-hybridized carbons (Fsp3) is 0.348. The zero-order chi connectivity index (χ0) is 20.9. The van der Waals surface area contributed by atoms with Crippen LogP contribution in [0, 0.1) is 0 Å². The molecule has 0 radical (unpaired) electrons. The van der Waals surface area contributed by atoms with Crippen molar-refractivity contribution < 1.29 is 9.53 Å². The van der Waals surface area contributed by atoms with E-state index in [9.17, 15) is 4.79 Å². The van der Waals surface area contributed by atoms with Gasteiger partial charge >= 0.3 is 0 Å². The van der Waals surface area contributed by atoms with Gasteiger partial charge in [0.2, 0.25) is 5.91 Å². The first-order valence-corrected chi connectivity index (χ1v) is 11.1. The molecular weight excluding hydrogens is 396 g/mol. The highest BCUT2D eigenvalue weighted by Gasteiger charge is 2.30. The van der Waals surface area contributed by atoms with Crippen molar-refractivity contribution in [3.63, 3.8) is 0 Å². The van der Waals surface area contributed by atoms with E-state index in [1.165, 1.54) is 18.2 Å². The van der Waals surface area contributed by atoms with Crippen molar-refractivity contribution >= 4 is 17.7 Å². The summed E-state index contributed by atoms with van der Waals surface area (Å²) < 4.78 is 7.42. The molecule has 0 aliphatic carbocycles. The van der Waals surface area contributed by atoms with Gasteiger partial charge in [-0.15, -0.1) is 10.2 Å². The van der Waals surface area contributed by atoms with E-state index in [1.54, 1.807) is 7.11 Å². The van der Waals surface area contributed by atoms with Crippen molar-refractivity contribution in [2.75, 3.05) is 20.2 Å². The predicted octanol–water partition coefficient (Wildman–Crippen LogP) is 4.34. The molecule has 0 bridgehead atoms. The van der Waals surface area contributed by atoms with Gasteiger partial charge in [-0.25, -0.2) is 0 Å². The van der Waals surface area contributed by atoms with Gasteiger partial charge in [0, 0.05) is 20.1 Å². The van der Waals surface area contributed by atoms with E-state index in [1.807, 2.05) is 71.1 Å². The highest BCUT2D eigenvalue weighted by atomic mass is 32.2. The largest absolute Gasteiger partial charge is 0.496 e. The number of para-hydroxylation sites is 1. The smallest absolute Gasteiger partial charge is 0.240 e. The Morgan fingerprint density at radius 2 is 1.70 bits per heavy atom. The summed E-state index contributed by atoms with van der Waals surface area (Å²) in [5, 5.41) is 9.16. The van der Waals surface area contributed by atoms with Crippen molar-refractivity contribution in [2.45, 2.75) is 29.7 Å². The highest BCUT2D eigenvalue weighted by molar-refractivity contribution is 8.00. The molecule has 0 spiro atoms. The first-order valence-electron chi connectivity index (χ1n) is 10.2. The molecule has 1 aromatic heterocycles. The Bertz CT molecular complexity index is 999. The number of likely N-dealkylation sites (tertiary alicyclic amines) is 1. The molecular formula is C23H26N4O2S. The number of hydrogen-bond acceptors (Lipinski definition) is 5. The Hall–Kier alpha value is -2.80. The fourth-order valence-electron chi connectivity index (χ4n) is 3.76. The average Bonchev–Trinajstić information content (AvgIpc) is 3.18. The molecule has 1 aliphatic heterocycles. The van der Waals surface area contributed by atoms with E-state index in [-0.39, 0.29) is 11.2 Å². The van der Waals surface area contributed by atoms with Crippen molar-refractivity contribution in [3.8, 4) is 17.1 Å². The van der Waals surface area contributed by atoms with E-state index in [2.05, 4.69) is 10.2 Å². The molecule has 3 aromatic rings. The van der Waals surface area contributed by atoms with Crippen LogP contribution in [0.4, 0.5) is 0 Å². The third-order valence-corrected chi connectivity index (χ3v) is 6.68. The van der Waals surface area contributed by atoms with E-state index < -0.39 is 0 Å². The number of piperidine rings is 1. The summed E-state index contributed by atoms with van der Waals surface area (Å²) in [5.74, 6) is 1.61. The molecule has 2 heterocycles. The van der Waals surface area contributed by atoms with E-state index in [0.29, 0.717) is 11.0 Å². The number of carbonyl (C=O) groups is 1. The van der Waals surface area contributed by atoms with Gasteiger partial charge in [0.15, 0.2) is 11.0 Å². The number of thioether (sulfide) groups is 1. The van der Waals surface area contributed by atoms with Crippen molar-refractivity contribution in [3.05, 3.63) is 60.2 Å². The second-order valence-electron chi connectivity index (χ2n) is 7.36. The van der Waals surface area contributed by atoms with Gasteiger partial charge in [0.1, 0.15) is 11.0 Å². The zero-order valence-electron chi connectivity index (χ0n) is 17.3. The van der Waals surface area contributed by atoms with Crippen molar-refractivity contribution in [1.29, 1.82) is 0 Å². The van der Waals surface area contributed by atoms with Gasteiger partial charge in [0.05, 0.1) is 12.7 Å². The Balaban J connectivity index is 1.65. The van der Waals surface area contributed by atoms with Gasteiger partial charge in [-0.05, 0) is 37.0 Å². The minimum absolute atomic E-state index is 0.146. The summed E-state index contributed by atoms with van der Waals surface area (Å²) in [5.41, 5.74) is 1.86. The summed E-state index contributed by atoms with van der Waals surface area (Å²) in [6, 6.07) is 17.7. The standard InChI is InChI=1S/C23H26N4O2S/c1-26-21(18-13-7-8-14-19(18)29-2)24-25-23(26)30-20(17-11-5-3-6-12-17)22(28)27-15-9-4-10-16-27/h3,5-8,11-14,20H,4,9-10,15-16H2,1-2H3/t20-/m0/s1. The van der Waals surface area contributed by atoms with E-state index in [0.717, 1.165) is 42.8 Å². The predicted molar refractivity (Wildman–Crippen MR) is 118 cm³/mol. The molecule has 1 atom stereocenters. The van der Waals surface area contributed by atoms with Crippen LogP contribution in [0.1, 0.15) is 30.1 Å². The number of methoxy groups -OCH3 is 1. The lowest BCUT2D eigenvalue weighted by Crippen LogP contribution is -2.38. The quantitative estimate of drug-likeness (QED) is 0.553. The summed E-state index contributed by atoms with van der Waals surface area (Å²) in [6.07, 6.45) is 3.33. The summed E-state index contributed by atoms with van der Waals surface area (Å²) in [7, 11) is 3.57. The second-order valence-corrected chi connectivity index (χ2v) is 8.43. The molecule has 2 aromatic carbocycles. The van der Waals surface area contributed by atoms with E-state index >= 15 is 0 Å². The van der Waals surface area contributed by atoms with Crippen molar-refractivity contribution in [2.24, 2.45) is 7.05 Å². The lowest BCUT2D eigenvalue weighted by atomic mass is 10.1. The van der Waals surface area contributed by atoms with E-state index in [4.69, 9.17) is 4.74 Å². The zero-order valence-corrected chi connectivity index (χ0v) is 18.1. The minimum atomic E-state index is -0.349. The number of benzene rings is 2. The molecule has 156 valence electrons. The molecule has 7 heteroatoms. The Labute approximate surface area is 181 Å². The topological polar surface area (TPSA) is 60.3 Å². The molecule has 1 amide bonds. The number of rotatable bonds is 6. The number of aromatic nitrogens is 3. The second kappa shape index (κ2) is 9.34.